The number of aromatic nitrogens is 2. The predicted octanol–water partition coefficient (Wildman–Crippen LogP) is 4.68. The molecule has 4 rings (SSSR count). The zero-order valence-corrected chi connectivity index (χ0v) is 16.8. The minimum absolute atomic E-state index is 0. The van der Waals surface area contributed by atoms with E-state index < -0.39 is 5.83 Å². The van der Waals surface area contributed by atoms with Crippen LogP contribution in [0.15, 0.2) is 59.2 Å². The largest absolute Gasteiger partial charge is 0.496 e. The van der Waals surface area contributed by atoms with Gasteiger partial charge in [0.15, 0.2) is 11.2 Å². The van der Waals surface area contributed by atoms with Crippen LogP contribution >= 0.6 is 12.4 Å². The summed E-state index contributed by atoms with van der Waals surface area (Å²) in [5, 5.41) is 0.519. The van der Waals surface area contributed by atoms with Crippen LogP contribution in [-0.2, 0) is 0 Å². The van der Waals surface area contributed by atoms with Gasteiger partial charge in [-0.2, -0.15) is 0 Å². The van der Waals surface area contributed by atoms with Crippen molar-refractivity contribution in [3.05, 3.63) is 65.5 Å². The first-order chi connectivity index (χ1) is 13.3. The van der Waals surface area contributed by atoms with Gasteiger partial charge in [-0.15, -0.1) is 12.4 Å². The second-order valence-electron chi connectivity index (χ2n) is 5.55. The molecule has 0 amide bonds. The van der Waals surface area contributed by atoms with E-state index >= 15 is 0 Å². The summed E-state index contributed by atoms with van der Waals surface area (Å²) >= 11 is 0. The van der Waals surface area contributed by atoms with Gasteiger partial charge in [0.25, 0.3) is 0 Å². The van der Waals surface area contributed by atoms with E-state index in [2.05, 4.69) is 9.97 Å². The van der Waals surface area contributed by atoms with Crippen molar-refractivity contribution in [3.63, 3.8) is 0 Å². The molecule has 0 saturated carbocycles. The Bertz CT molecular complexity index is 1080. The molecule has 1 aliphatic rings. The molecule has 2 heterocycles. The van der Waals surface area contributed by atoms with Crippen LogP contribution in [0.3, 0.4) is 0 Å². The summed E-state index contributed by atoms with van der Waals surface area (Å²) in [6, 6.07) is 11.3. The first-order valence-corrected chi connectivity index (χ1v) is 8.89. The molecule has 3 aromatic rings. The minimum Gasteiger partial charge on any atom is -0.496 e. The first-order valence-electron chi connectivity index (χ1n) is 8.89. The average molecular weight is 401 g/mol. The van der Waals surface area contributed by atoms with Crippen molar-refractivity contribution >= 4 is 24.3 Å². The Balaban J connectivity index is 0.000000906. The lowest BCUT2D eigenvalue weighted by atomic mass is 10.1. The number of benzene rings is 1. The molecule has 0 fully saturated rings. The molecular weight excluding hydrogens is 379 g/mol. The number of halogens is 2. The highest BCUT2D eigenvalue weighted by Crippen LogP contribution is 2.32. The van der Waals surface area contributed by atoms with E-state index in [1.54, 1.807) is 19.4 Å². The standard InChI is InChI=1S/C20H15FN2O2.C2H6.ClH/c1-24-18-12-13(9-10-14(18)16-7-4-5-11-22-16)20-23-17-8-3-2-6-15(21)19(17)25-20;1-2;/h2,4-12H,3H2,1H3;1-2H3;1H. The van der Waals surface area contributed by atoms with Crippen LogP contribution in [0.4, 0.5) is 4.39 Å². The number of oxazole rings is 1. The fourth-order valence-electron chi connectivity index (χ4n) is 2.75. The highest BCUT2D eigenvalue weighted by molar-refractivity contribution is 5.85. The summed E-state index contributed by atoms with van der Waals surface area (Å²) in [4.78, 5) is 8.76. The molecule has 0 atom stereocenters. The van der Waals surface area contributed by atoms with Crippen LogP contribution in [0.25, 0.3) is 34.6 Å². The molecule has 0 radical (unpaired) electrons. The van der Waals surface area contributed by atoms with Gasteiger partial charge < -0.3 is 9.15 Å². The van der Waals surface area contributed by atoms with Gasteiger partial charge in [0, 0.05) is 17.3 Å². The van der Waals surface area contributed by atoms with Gasteiger partial charge in [-0.25, -0.2) is 9.37 Å². The summed E-state index contributed by atoms with van der Waals surface area (Å²) in [5.41, 5.74) is 2.56. The number of rotatable bonds is 3. The topological polar surface area (TPSA) is 48.2 Å². The maximum atomic E-state index is 14.0. The predicted molar refractivity (Wildman–Crippen MR) is 112 cm³/mol. The second kappa shape index (κ2) is 9.85. The molecule has 1 aliphatic carbocycles. The molecule has 28 heavy (non-hydrogen) atoms. The normalized spacial score (nSPS) is 11.9. The van der Waals surface area contributed by atoms with E-state index in [-0.39, 0.29) is 17.8 Å². The third-order valence-corrected chi connectivity index (χ3v) is 3.97. The van der Waals surface area contributed by atoms with E-state index in [0.717, 1.165) is 16.8 Å². The van der Waals surface area contributed by atoms with Crippen molar-refractivity contribution in [2.75, 3.05) is 7.11 Å². The van der Waals surface area contributed by atoms with E-state index in [0.29, 0.717) is 23.4 Å². The number of pyridine rings is 1. The van der Waals surface area contributed by atoms with Gasteiger partial charge >= 0.3 is 0 Å². The van der Waals surface area contributed by atoms with E-state index in [1.807, 2.05) is 56.3 Å². The van der Waals surface area contributed by atoms with Gasteiger partial charge in [0.1, 0.15) is 11.1 Å². The highest BCUT2D eigenvalue weighted by Gasteiger charge is 2.13. The molecule has 2 aromatic heterocycles. The van der Waals surface area contributed by atoms with Crippen molar-refractivity contribution < 1.29 is 13.5 Å². The molecule has 6 heteroatoms. The van der Waals surface area contributed by atoms with Crippen LogP contribution < -0.4 is 15.5 Å². The minimum atomic E-state index is -0.417. The number of allylic oxidation sites excluding steroid dienone is 2. The van der Waals surface area contributed by atoms with Crippen molar-refractivity contribution in [1.82, 2.24) is 9.97 Å². The maximum absolute atomic E-state index is 14.0. The Hall–Kier alpha value is -2.92. The van der Waals surface area contributed by atoms with Crippen molar-refractivity contribution in [2.24, 2.45) is 0 Å². The zero-order valence-electron chi connectivity index (χ0n) is 16.0. The number of ether oxygens (including phenoxy) is 1. The molecule has 0 saturated heterocycles. The number of methoxy groups -OCH3 is 1. The molecule has 146 valence electrons. The number of hydrogen-bond acceptors (Lipinski definition) is 4. The lowest BCUT2D eigenvalue weighted by Gasteiger charge is -2.09. The molecule has 1 aromatic carbocycles. The van der Waals surface area contributed by atoms with Gasteiger partial charge in [0.05, 0.1) is 12.8 Å². The third kappa shape index (κ3) is 4.31. The van der Waals surface area contributed by atoms with E-state index in [9.17, 15) is 4.39 Å². The second-order valence-corrected chi connectivity index (χ2v) is 5.55. The molecule has 0 unspecified atom stereocenters. The third-order valence-electron chi connectivity index (χ3n) is 3.97. The Morgan fingerprint density at radius 2 is 1.96 bits per heavy atom. The van der Waals surface area contributed by atoms with Gasteiger partial charge in [-0.3, -0.25) is 4.98 Å². The van der Waals surface area contributed by atoms with Crippen LogP contribution in [0.1, 0.15) is 20.3 Å². The van der Waals surface area contributed by atoms with Crippen molar-refractivity contribution in [3.8, 4) is 28.5 Å². The van der Waals surface area contributed by atoms with Gasteiger partial charge in [-0.05, 0) is 42.8 Å². The summed E-state index contributed by atoms with van der Waals surface area (Å²) in [6.07, 6.45) is 7.33. The Labute approximate surface area is 169 Å². The summed E-state index contributed by atoms with van der Waals surface area (Å²) in [6.45, 7) is 4.00. The van der Waals surface area contributed by atoms with Crippen LogP contribution in [-0.4, -0.2) is 17.1 Å². The van der Waals surface area contributed by atoms with E-state index in [4.69, 9.17) is 9.15 Å². The zero-order chi connectivity index (χ0) is 19.2. The quantitative estimate of drug-likeness (QED) is 0.640. The summed E-state index contributed by atoms with van der Waals surface area (Å²) < 4.78 is 25.2. The number of fused-ring (bicyclic) bond motifs is 1. The van der Waals surface area contributed by atoms with Gasteiger partial charge in [-0.1, -0.05) is 32.1 Å². The van der Waals surface area contributed by atoms with Crippen LogP contribution in [0.5, 0.6) is 5.75 Å². The molecule has 4 nitrogen and oxygen atoms in total. The highest BCUT2D eigenvalue weighted by atomic mass is 35.5. The molecule has 0 N–H and O–H groups in total. The van der Waals surface area contributed by atoms with Crippen LogP contribution in [0, 0.1) is 0 Å². The molecule has 0 aliphatic heterocycles. The van der Waals surface area contributed by atoms with E-state index in [1.165, 1.54) is 6.08 Å². The van der Waals surface area contributed by atoms with Crippen molar-refractivity contribution in [1.29, 1.82) is 0 Å². The summed E-state index contributed by atoms with van der Waals surface area (Å²) in [7, 11) is 1.60. The fraction of sp³-hybridized carbons (Fsp3) is 0.182. The van der Waals surface area contributed by atoms with Crippen LogP contribution in [0.2, 0.25) is 0 Å². The number of nitrogens with zero attached hydrogens (tertiary/aromatic N) is 2. The first kappa shape index (κ1) is 21.4. The average Bonchev–Trinajstić information content (AvgIpc) is 3.09. The monoisotopic (exact) mass is 400 g/mol. The Kier molecular flexibility index (Phi) is 7.52. The maximum Gasteiger partial charge on any atom is 0.227 e. The SMILES string of the molecule is CC.COc1cc(-c2nc3c(o2)=C(F)C=CCC=3)ccc1-c1ccccn1.Cl. The smallest absolute Gasteiger partial charge is 0.227 e. The Morgan fingerprint density at radius 3 is 2.68 bits per heavy atom. The summed E-state index contributed by atoms with van der Waals surface area (Å²) in [5.74, 6) is 0.593. The number of hydrogen-bond donors (Lipinski definition) is 0. The lowest BCUT2D eigenvalue weighted by Crippen LogP contribution is -2.22. The molecular formula is C22H22ClFN2O2. The van der Waals surface area contributed by atoms with Crippen molar-refractivity contribution in [2.45, 2.75) is 20.3 Å². The lowest BCUT2D eigenvalue weighted by molar-refractivity contribution is 0.416. The molecule has 0 bridgehead atoms. The molecule has 0 spiro atoms. The van der Waals surface area contributed by atoms with Gasteiger partial charge in [0.2, 0.25) is 5.89 Å². The Morgan fingerprint density at radius 1 is 1.14 bits per heavy atom. The fourth-order valence-corrected chi connectivity index (χ4v) is 2.75.